The highest BCUT2D eigenvalue weighted by Gasteiger charge is 2.32. The van der Waals surface area contributed by atoms with Gasteiger partial charge in [0.25, 0.3) is 5.69 Å². The molecular formula is C14H21N3O2. The second kappa shape index (κ2) is 5.07. The third-order valence-corrected chi connectivity index (χ3v) is 4.07. The summed E-state index contributed by atoms with van der Waals surface area (Å²) in [5, 5.41) is 14.2. The zero-order valence-corrected chi connectivity index (χ0v) is 11.5. The second-order valence-electron chi connectivity index (χ2n) is 5.96. The first kappa shape index (κ1) is 13.6. The Labute approximate surface area is 113 Å². The van der Waals surface area contributed by atoms with E-state index in [9.17, 15) is 10.1 Å². The minimum Gasteiger partial charge on any atom is -0.393 e. The molecule has 1 unspecified atom stereocenters. The molecule has 2 rings (SSSR count). The first-order valence-corrected chi connectivity index (χ1v) is 6.70. The van der Waals surface area contributed by atoms with Crippen molar-refractivity contribution in [3.8, 4) is 0 Å². The molecule has 0 amide bonds. The molecule has 0 radical (unpaired) electrons. The van der Waals surface area contributed by atoms with Gasteiger partial charge in [-0.3, -0.25) is 10.1 Å². The number of benzene rings is 1. The normalized spacial score (nSPS) is 21.9. The van der Waals surface area contributed by atoms with Gasteiger partial charge < -0.3 is 11.1 Å². The minimum atomic E-state index is -0.455. The summed E-state index contributed by atoms with van der Waals surface area (Å²) < 4.78 is 0. The molecule has 5 nitrogen and oxygen atoms in total. The van der Waals surface area contributed by atoms with Gasteiger partial charge in [-0.15, -0.1) is 0 Å². The van der Waals surface area contributed by atoms with Crippen LogP contribution in [0.5, 0.6) is 0 Å². The van der Waals surface area contributed by atoms with Crippen LogP contribution in [0.3, 0.4) is 0 Å². The molecule has 5 heteroatoms. The Balaban J connectivity index is 2.15. The number of anilines is 2. The van der Waals surface area contributed by atoms with Crippen LogP contribution in [-0.2, 0) is 0 Å². The Morgan fingerprint density at radius 1 is 1.42 bits per heavy atom. The lowest BCUT2D eigenvalue weighted by Crippen LogP contribution is -2.38. The maximum Gasteiger partial charge on any atom is 0.292 e. The van der Waals surface area contributed by atoms with Gasteiger partial charge in [0, 0.05) is 17.8 Å². The summed E-state index contributed by atoms with van der Waals surface area (Å²) in [5.74, 6) is 0. The first-order chi connectivity index (χ1) is 8.90. The van der Waals surface area contributed by atoms with Gasteiger partial charge in [-0.1, -0.05) is 26.7 Å². The van der Waals surface area contributed by atoms with E-state index in [1.165, 1.54) is 25.3 Å². The summed E-state index contributed by atoms with van der Waals surface area (Å²) in [4.78, 5) is 10.3. The summed E-state index contributed by atoms with van der Waals surface area (Å²) in [5.41, 5.74) is 7.00. The van der Waals surface area contributed by atoms with E-state index in [1.54, 1.807) is 12.1 Å². The van der Waals surface area contributed by atoms with Crippen molar-refractivity contribution in [2.45, 2.75) is 45.6 Å². The quantitative estimate of drug-likeness (QED) is 0.496. The summed E-state index contributed by atoms with van der Waals surface area (Å²) in [6.45, 7) is 4.52. The number of nitro benzene ring substituents is 1. The van der Waals surface area contributed by atoms with Crippen LogP contribution in [0, 0.1) is 15.5 Å². The monoisotopic (exact) mass is 263 g/mol. The Morgan fingerprint density at radius 3 is 2.74 bits per heavy atom. The van der Waals surface area contributed by atoms with Crippen molar-refractivity contribution in [1.29, 1.82) is 0 Å². The maximum absolute atomic E-state index is 10.7. The van der Waals surface area contributed by atoms with Gasteiger partial charge >= 0.3 is 0 Å². The smallest absolute Gasteiger partial charge is 0.292 e. The molecule has 1 atom stereocenters. The number of nitrogens with zero attached hydrogens (tertiary/aromatic N) is 1. The molecule has 1 saturated carbocycles. The first-order valence-electron chi connectivity index (χ1n) is 6.70. The van der Waals surface area contributed by atoms with E-state index in [2.05, 4.69) is 19.2 Å². The number of hydrogen-bond acceptors (Lipinski definition) is 4. The lowest BCUT2D eigenvalue weighted by atomic mass is 9.73. The van der Waals surface area contributed by atoms with Gasteiger partial charge in [0.2, 0.25) is 0 Å². The van der Waals surface area contributed by atoms with Crippen molar-refractivity contribution < 1.29 is 4.92 Å². The zero-order chi connectivity index (χ0) is 14.0. The van der Waals surface area contributed by atoms with Crippen molar-refractivity contribution >= 4 is 17.1 Å². The van der Waals surface area contributed by atoms with Crippen LogP contribution in [0.1, 0.15) is 39.5 Å². The highest BCUT2D eigenvalue weighted by molar-refractivity contribution is 5.66. The summed E-state index contributed by atoms with van der Waals surface area (Å²) in [6.07, 6.45) is 4.83. The van der Waals surface area contributed by atoms with Crippen LogP contribution in [0.2, 0.25) is 0 Å². The second-order valence-corrected chi connectivity index (χ2v) is 5.96. The fourth-order valence-electron chi connectivity index (χ4n) is 2.77. The summed E-state index contributed by atoms with van der Waals surface area (Å²) in [7, 11) is 0. The van der Waals surface area contributed by atoms with E-state index in [1.807, 2.05) is 0 Å². The van der Waals surface area contributed by atoms with E-state index in [0.717, 1.165) is 12.1 Å². The van der Waals surface area contributed by atoms with Gasteiger partial charge in [-0.05, 0) is 30.4 Å². The Morgan fingerprint density at radius 2 is 2.16 bits per heavy atom. The molecule has 1 aliphatic rings. The van der Waals surface area contributed by atoms with Crippen LogP contribution < -0.4 is 11.1 Å². The summed E-state index contributed by atoms with van der Waals surface area (Å²) in [6, 6.07) is 5.25. The lowest BCUT2D eigenvalue weighted by Gasteiger charge is -2.39. The molecule has 1 aliphatic carbocycles. The largest absolute Gasteiger partial charge is 0.393 e. The molecule has 3 N–H and O–H groups in total. The molecule has 0 bridgehead atoms. The van der Waals surface area contributed by atoms with Gasteiger partial charge in [-0.25, -0.2) is 0 Å². The molecule has 0 saturated heterocycles. The average molecular weight is 263 g/mol. The fourth-order valence-corrected chi connectivity index (χ4v) is 2.77. The predicted octanol–water partition coefficient (Wildman–Crippen LogP) is 3.56. The highest BCUT2D eigenvalue weighted by atomic mass is 16.6. The summed E-state index contributed by atoms with van der Waals surface area (Å²) >= 11 is 0. The Kier molecular flexibility index (Phi) is 3.64. The van der Waals surface area contributed by atoms with Gasteiger partial charge in [0.1, 0.15) is 5.69 Å². The molecule has 0 heterocycles. The number of nitrogens with two attached hydrogens (primary N) is 1. The van der Waals surface area contributed by atoms with Crippen LogP contribution in [0.25, 0.3) is 0 Å². The van der Waals surface area contributed by atoms with Crippen molar-refractivity contribution in [3.63, 3.8) is 0 Å². The molecule has 19 heavy (non-hydrogen) atoms. The van der Waals surface area contributed by atoms with Crippen LogP contribution in [-0.4, -0.2) is 11.0 Å². The lowest BCUT2D eigenvalue weighted by molar-refractivity contribution is -0.383. The number of nitrogens with one attached hydrogen (secondary N) is 1. The molecular weight excluding hydrogens is 242 g/mol. The average Bonchev–Trinajstić information content (AvgIpc) is 2.31. The van der Waals surface area contributed by atoms with E-state index >= 15 is 0 Å². The van der Waals surface area contributed by atoms with E-state index in [4.69, 9.17) is 5.73 Å². The van der Waals surface area contributed by atoms with E-state index in [0.29, 0.717) is 6.04 Å². The number of hydrogen-bond donors (Lipinski definition) is 2. The minimum absolute atomic E-state index is 0.0338. The Bertz CT molecular complexity index is 486. The van der Waals surface area contributed by atoms with Crippen molar-refractivity contribution in [3.05, 3.63) is 28.3 Å². The maximum atomic E-state index is 10.7. The molecule has 0 spiro atoms. The SMILES string of the molecule is CC1(C)CCCCC1Nc1ccc([N+](=O)[O-])c(N)c1. The molecule has 1 fully saturated rings. The van der Waals surface area contributed by atoms with E-state index in [-0.39, 0.29) is 16.8 Å². The highest BCUT2D eigenvalue weighted by Crippen LogP contribution is 2.37. The molecule has 0 aromatic heterocycles. The Hall–Kier alpha value is -1.78. The van der Waals surface area contributed by atoms with E-state index < -0.39 is 4.92 Å². The number of nitrogen functional groups attached to an aromatic ring is 1. The molecule has 0 aliphatic heterocycles. The fraction of sp³-hybridized carbons (Fsp3) is 0.571. The number of nitro groups is 1. The van der Waals surface area contributed by atoms with Gasteiger partial charge in [-0.2, -0.15) is 0 Å². The standard InChI is InChI=1S/C14H21N3O2/c1-14(2)8-4-3-5-13(14)16-10-6-7-12(17(18)19)11(15)9-10/h6-7,9,13,16H,3-5,8,15H2,1-2H3. The third-order valence-electron chi connectivity index (χ3n) is 4.07. The molecule has 104 valence electrons. The number of rotatable bonds is 3. The zero-order valence-electron chi connectivity index (χ0n) is 11.5. The van der Waals surface area contributed by atoms with Crippen LogP contribution in [0.4, 0.5) is 17.1 Å². The topological polar surface area (TPSA) is 81.2 Å². The van der Waals surface area contributed by atoms with Crippen molar-refractivity contribution in [2.24, 2.45) is 5.41 Å². The van der Waals surface area contributed by atoms with Crippen LogP contribution >= 0.6 is 0 Å². The third kappa shape index (κ3) is 2.97. The van der Waals surface area contributed by atoms with Gasteiger partial charge in [0.05, 0.1) is 4.92 Å². The van der Waals surface area contributed by atoms with Crippen molar-refractivity contribution in [1.82, 2.24) is 0 Å². The van der Waals surface area contributed by atoms with Gasteiger partial charge in [0.15, 0.2) is 0 Å². The van der Waals surface area contributed by atoms with Crippen LogP contribution in [0.15, 0.2) is 18.2 Å². The molecule has 1 aromatic carbocycles. The molecule has 1 aromatic rings. The predicted molar refractivity (Wildman–Crippen MR) is 77.2 cm³/mol. The van der Waals surface area contributed by atoms with Crippen molar-refractivity contribution in [2.75, 3.05) is 11.1 Å².